The van der Waals surface area contributed by atoms with Gasteiger partial charge in [-0.3, -0.25) is 0 Å². The Bertz CT molecular complexity index is 449. The maximum absolute atomic E-state index is 3.82. The smallest absolute Gasteiger partial charge is 0.00681 e. The summed E-state index contributed by atoms with van der Waals surface area (Å²) < 4.78 is 0. The van der Waals surface area contributed by atoms with Crippen LogP contribution in [0.5, 0.6) is 0 Å². The summed E-state index contributed by atoms with van der Waals surface area (Å²) in [4.78, 5) is 2.63. The van der Waals surface area contributed by atoms with Crippen LogP contribution in [0.3, 0.4) is 0 Å². The zero-order valence-corrected chi connectivity index (χ0v) is 13.6. The second-order valence-corrected chi connectivity index (χ2v) is 6.98. The molecule has 1 saturated heterocycles. The lowest BCUT2D eigenvalue weighted by molar-refractivity contribution is 0.162. The highest BCUT2D eigenvalue weighted by molar-refractivity contribution is 5.40. The maximum Gasteiger partial charge on any atom is 0.00681 e. The third-order valence-corrected chi connectivity index (χ3v) is 5.53. The van der Waals surface area contributed by atoms with Gasteiger partial charge in [0, 0.05) is 18.5 Å². The highest BCUT2D eigenvalue weighted by Crippen LogP contribution is 2.34. The van der Waals surface area contributed by atoms with E-state index < -0.39 is 0 Å². The van der Waals surface area contributed by atoms with Gasteiger partial charge in [0.05, 0.1) is 0 Å². The number of fused-ring (bicyclic) bond motifs is 1. The van der Waals surface area contributed by atoms with Crippen LogP contribution in [-0.4, -0.2) is 37.1 Å². The molecule has 21 heavy (non-hydrogen) atoms. The first kappa shape index (κ1) is 15.1. The highest BCUT2D eigenvalue weighted by Gasteiger charge is 2.27. The molecule has 2 unspecified atom stereocenters. The molecule has 0 spiro atoms. The predicted molar refractivity (Wildman–Crippen MR) is 89.8 cm³/mol. The fourth-order valence-corrected chi connectivity index (χ4v) is 4.03. The van der Waals surface area contributed by atoms with E-state index in [0.29, 0.717) is 6.04 Å². The molecule has 2 nitrogen and oxygen atoms in total. The van der Waals surface area contributed by atoms with E-state index in [0.717, 1.165) is 18.4 Å². The predicted octanol–water partition coefficient (Wildman–Crippen LogP) is 3.43. The van der Waals surface area contributed by atoms with E-state index in [1.54, 1.807) is 11.1 Å². The third-order valence-electron chi connectivity index (χ3n) is 5.53. The highest BCUT2D eigenvalue weighted by atomic mass is 15.1. The summed E-state index contributed by atoms with van der Waals surface area (Å²) in [7, 11) is 0. The molecule has 1 fully saturated rings. The van der Waals surface area contributed by atoms with Crippen molar-refractivity contribution in [2.45, 2.75) is 51.5 Å². The average Bonchev–Trinajstić information content (AvgIpc) is 2.49. The van der Waals surface area contributed by atoms with Gasteiger partial charge in [-0.05, 0) is 69.3 Å². The maximum atomic E-state index is 3.82. The minimum Gasteiger partial charge on any atom is -0.313 e. The fourth-order valence-electron chi connectivity index (χ4n) is 4.03. The molecule has 2 aliphatic rings. The van der Waals surface area contributed by atoms with Crippen molar-refractivity contribution < 1.29 is 0 Å². The number of hydrogen-bond acceptors (Lipinski definition) is 2. The van der Waals surface area contributed by atoms with Gasteiger partial charge >= 0.3 is 0 Å². The lowest BCUT2D eigenvalue weighted by atomic mass is 9.77. The molecule has 1 aliphatic heterocycles. The van der Waals surface area contributed by atoms with Crippen molar-refractivity contribution in [2.75, 3.05) is 26.2 Å². The van der Waals surface area contributed by atoms with E-state index in [9.17, 15) is 0 Å². The molecule has 0 radical (unpaired) electrons. The van der Waals surface area contributed by atoms with Crippen LogP contribution in [0.4, 0.5) is 0 Å². The van der Waals surface area contributed by atoms with Crippen molar-refractivity contribution in [3.63, 3.8) is 0 Å². The van der Waals surface area contributed by atoms with E-state index >= 15 is 0 Å². The molecule has 0 aromatic heterocycles. The van der Waals surface area contributed by atoms with E-state index in [1.165, 1.54) is 45.3 Å². The first-order valence-corrected chi connectivity index (χ1v) is 8.81. The number of likely N-dealkylation sites (tertiary alicyclic amines) is 1. The van der Waals surface area contributed by atoms with Gasteiger partial charge in [0.15, 0.2) is 0 Å². The van der Waals surface area contributed by atoms with Crippen molar-refractivity contribution in [3.8, 4) is 0 Å². The van der Waals surface area contributed by atoms with Crippen LogP contribution in [0.15, 0.2) is 24.3 Å². The van der Waals surface area contributed by atoms with E-state index in [-0.39, 0.29) is 0 Å². The Hall–Kier alpha value is -0.860. The second-order valence-electron chi connectivity index (χ2n) is 6.98. The zero-order chi connectivity index (χ0) is 14.7. The number of nitrogens with zero attached hydrogens (tertiary/aromatic N) is 1. The zero-order valence-electron chi connectivity index (χ0n) is 13.6. The molecule has 1 heterocycles. The van der Waals surface area contributed by atoms with E-state index in [1.807, 2.05) is 0 Å². The minimum atomic E-state index is 0.668. The molecular weight excluding hydrogens is 256 g/mol. The molecule has 1 N–H and O–H groups in total. The van der Waals surface area contributed by atoms with E-state index in [2.05, 4.69) is 48.3 Å². The lowest BCUT2D eigenvalue weighted by Gasteiger charge is -2.37. The Morgan fingerprint density at radius 2 is 2.00 bits per heavy atom. The molecule has 3 rings (SSSR count). The Morgan fingerprint density at radius 1 is 1.24 bits per heavy atom. The molecule has 2 atom stereocenters. The monoisotopic (exact) mass is 286 g/mol. The normalized spacial score (nSPS) is 24.4. The number of benzene rings is 1. The van der Waals surface area contributed by atoms with Gasteiger partial charge in [-0.2, -0.15) is 0 Å². The lowest BCUT2D eigenvalue weighted by Crippen LogP contribution is -2.44. The number of piperidine rings is 1. The van der Waals surface area contributed by atoms with Gasteiger partial charge in [-0.25, -0.2) is 0 Å². The topological polar surface area (TPSA) is 15.3 Å². The summed E-state index contributed by atoms with van der Waals surface area (Å²) in [6.07, 6.45) is 5.30. The molecule has 0 amide bonds. The van der Waals surface area contributed by atoms with Gasteiger partial charge in [0.1, 0.15) is 0 Å². The summed E-state index contributed by atoms with van der Waals surface area (Å²) in [5.41, 5.74) is 3.14. The number of hydrogen-bond donors (Lipinski definition) is 1. The van der Waals surface area contributed by atoms with Gasteiger partial charge in [-0.1, -0.05) is 31.2 Å². The molecule has 1 aliphatic carbocycles. The van der Waals surface area contributed by atoms with Crippen LogP contribution in [0.2, 0.25) is 0 Å². The minimum absolute atomic E-state index is 0.668. The van der Waals surface area contributed by atoms with Gasteiger partial charge in [0.25, 0.3) is 0 Å². The van der Waals surface area contributed by atoms with Crippen molar-refractivity contribution in [3.05, 3.63) is 35.4 Å². The Balaban J connectivity index is 1.41. The quantitative estimate of drug-likeness (QED) is 0.862. The number of rotatable bonds is 6. The van der Waals surface area contributed by atoms with Crippen molar-refractivity contribution in [2.24, 2.45) is 5.92 Å². The first-order chi connectivity index (χ1) is 10.3. The van der Waals surface area contributed by atoms with Crippen molar-refractivity contribution >= 4 is 0 Å². The van der Waals surface area contributed by atoms with E-state index in [4.69, 9.17) is 0 Å². The van der Waals surface area contributed by atoms with Crippen LogP contribution in [-0.2, 0) is 6.42 Å². The van der Waals surface area contributed by atoms with Crippen molar-refractivity contribution in [1.29, 1.82) is 0 Å². The molecule has 116 valence electrons. The second kappa shape index (κ2) is 6.93. The molecule has 1 aromatic rings. The van der Waals surface area contributed by atoms with Crippen LogP contribution < -0.4 is 5.32 Å². The van der Waals surface area contributed by atoms with Gasteiger partial charge < -0.3 is 10.2 Å². The Labute approximate surface area is 129 Å². The van der Waals surface area contributed by atoms with Crippen LogP contribution in [0.1, 0.15) is 50.2 Å². The van der Waals surface area contributed by atoms with Crippen LogP contribution in [0, 0.1) is 5.92 Å². The fraction of sp³-hybridized carbons (Fsp3) is 0.684. The van der Waals surface area contributed by atoms with Gasteiger partial charge in [0.2, 0.25) is 0 Å². The van der Waals surface area contributed by atoms with Crippen LogP contribution >= 0.6 is 0 Å². The van der Waals surface area contributed by atoms with Crippen LogP contribution in [0.25, 0.3) is 0 Å². The largest absolute Gasteiger partial charge is 0.313 e. The van der Waals surface area contributed by atoms with Gasteiger partial charge in [-0.15, -0.1) is 0 Å². The Morgan fingerprint density at radius 3 is 2.71 bits per heavy atom. The molecule has 1 aromatic carbocycles. The third kappa shape index (κ3) is 3.49. The number of nitrogens with one attached hydrogen (secondary N) is 1. The first-order valence-electron chi connectivity index (χ1n) is 8.81. The Kier molecular flexibility index (Phi) is 4.97. The summed E-state index contributed by atoms with van der Waals surface area (Å²) in [5.74, 6) is 1.62. The standard InChI is InChI=1S/C19H30N2/c1-3-10-21-11-8-16(9-12-21)15(2)20-14-18-13-17-6-4-5-7-19(17)18/h4-7,15-16,18,20H,3,8-14H2,1-2H3. The molecule has 0 saturated carbocycles. The summed E-state index contributed by atoms with van der Waals surface area (Å²) in [6, 6.07) is 9.59. The SMILES string of the molecule is CCCN1CCC(C(C)NCC2Cc3ccccc32)CC1. The summed E-state index contributed by atoms with van der Waals surface area (Å²) in [6.45, 7) is 9.73. The van der Waals surface area contributed by atoms with Crippen molar-refractivity contribution in [1.82, 2.24) is 10.2 Å². The average molecular weight is 286 g/mol. The molecular formula is C19H30N2. The summed E-state index contributed by atoms with van der Waals surface area (Å²) in [5, 5.41) is 3.82. The summed E-state index contributed by atoms with van der Waals surface area (Å²) >= 11 is 0. The molecule has 2 heteroatoms. The molecule has 0 bridgehead atoms.